The van der Waals surface area contributed by atoms with Crippen LogP contribution in [0.3, 0.4) is 0 Å². The number of allylic oxidation sites excluding steroid dienone is 2. The van der Waals surface area contributed by atoms with E-state index in [1.807, 2.05) is 13.8 Å². The molecule has 0 atom stereocenters. The Morgan fingerprint density at radius 2 is 1.15 bits per heavy atom. The van der Waals surface area contributed by atoms with Crippen LogP contribution in [0.2, 0.25) is 0 Å². The quantitative estimate of drug-likeness (QED) is 0.159. The summed E-state index contributed by atoms with van der Waals surface area (Å²) < 4.78 is 11.5. The van der Waals surface area contributed by atoms with Crippen molar-refractivity contribution in [2.75, 3.05) is 19.8 Å². The molecule has 0 saturated heterocycles. The first-order valence-corrected chi connectivity index (χ1v) is 10.9. The van der Waals surface area contributed by atoms with Crippen molar-refractivity contribution in [2.45, 2.75) is 110 Å². The summed E-state index contributed by atoms with van der Waals surface area (Å²) in [6.45, 7) is 8.02. The number of unbranched alkanes of at least 4 members (excludes halogenated alkanes) is 10. The Bertz CT molecular complexity index is 292. The van der Waals surface area contributed by atoms with Gasteiger partial charge in [0.1, 0.15) is 0 Å². The molecule has 4 heteroatoms. The molecule has 158 valence electrons. The van der Waals surface area contributed by atoms with Gasteiger partial charge in [0.15, 0.2) is 5.79 Å². The smallest absolute Gasteiger partial charge is 0.180 e. The van der Waals surface area contributed by atoms with Crippen LogP contribution >= 0.6 is 0 Å². The number of rotatable bonds is 19. The van der Waals surface area contributed by atoms with Gasteiger partial charge in [-0.25, -0.2) is 0 Å². The lowest BCUT2D eigenvalue weighted by molar-refractivity contribution is -0.230. The van der Waals surface area contributed by atoms with Gasteiger partial charge in [0.05, 0.1) is 0 Å². The maximum Gasteiger partial charge on any atom is 0.180 e. The molecule has 0 aromatic carbocycles. The Hall–Kier alpha value is -0.450. The summed E-state index contributed by atoms with van der Waals surface area (Å²) in [6, 6.07) is 0. The van der Waals surface area contributed by atoms with Gasteiger partial charge in [0.2, 0.25) is 0 Å². The Kier molecular flexibility index (Phi) is 22.3. The van der Waals surface area contributed by atoms with Crippen LogP contribution in [0.5, 0.6) is 0 Å². The molecule has 0 amide bonds. The van der Waals surface area contributed by atoms with E-state index in [0.29, 0.717) is 19.8 Å². The van der Waals surface area contributed by atoms with Gasteiger partial charge < -0.3 is 15.2 Å². The van der Waals surface area contributed by atoms with Gasteiger partial charge in [-0.15, -0.1) is 0 Å². The lowest BCUT2D eigenvalue weighted by Crippen LogP contribution is -2.43. The number of hydrogen-bond acceptors (Lipinski definition) is 3. The second-order valence-corrected chi connectivity index (χ2v) is 6.96. The summed E-state index contributed by atoms with van der Waals surface area (Å²) >= 11 is 0. The Morgan fingerprint density at radius 1 is 0.692 bits per heavy atom. The Labute approximate surface area is 162 Å². The molecule has 3 nitrogen and oxygen atoms in total. The summed E-state index contributed by atoms with van der Waals surface area (Å²) in [6.07, 6.45) is 21.4. The molecular formula is C22H46FNO2. The number of ether oxygens (including phenoxy) is 2. The van der Waals surface area contributed by atoms with E-state index in [0.717, 1.165) is 12.8 Å². The van der Waals surface area contributed by atoms with Crippen molar-refractivity contribution in [1.82, 2.24) is 0 Å². The molecule has 0 unspecified atom stereocenters. The second-order valence-electron chi connectivity index (χ2n) is 6.96. The summed E-state index contributed by atoms with van der Waals surface area (Å²) in [4.78, 5) is 0. The van der Waals surface area contributed by atoms with Crippen LogP contribution in [-0.2, 0) is 9.47 Å². The van der Waals surface area contributed by atoms with Crippen LogP contribution in [0.4, 0.5) is 4.70 Å². The van der Waals surface area contributed by atoms with Crippen molar-refractivity contribution in [2.24, 2.45) is 5.73 Å². The van der Waals surface area contributed by atoms with Gasteiger partial charge in [-0.3, -0.25) is 4.70 Å². The van der Waals surface area contributed by atoms with Gasteiger partial charge >= 0.3 is 0 Å². The average molecular weight is 376 g/mol. The third-order valence-corrected chi connectivity index (χ3v) is 4.70. The van der Waals surface area contributed by atoms with Gasteiger partial charge in [0.25, 0.3) is 0 Å². The second kappa shape index (κ2) is 20.9. The van der Waals surface area contributed by atoms with Crippen molar-refractivity contribution in [3.05, 3.63) is 12.2 Å². The molecule has 0 spiro atoms. The Morgan fingerprint density at radius 3 is 1.62 bits per heavy atom. The predicted molar refractivity (Wildman–Crippen MR) is 112 cm³/mol. The highest BCUT2D eigenvalue weighted by Crippen LogP contribution is 2.21. The third-order valence-electron chi connectivity index (χ3n) is 4.70. The van der Waals surface area contributed by atoms with Crippen LogP contribution < -0.4 is 5.73 Å². The third kappa shape index (κ3) is 15.8. The summed E-state index contributed by atoms with van der Waals surface area (Å²) in [7, 11) is 0. The number of nitrogens with two attached hydrogens (primary N) is 1. The van der Waals surface area contributed by atoms with Crippen LogP contribution in [0.25, 0.3) is 0 Å². The highest BCUT2D eigenvalue weighted by Gasteiger charge is 2.28. The summed E-state index contributed by atoms with van der Waals surface area (Å²) in [5.41, 5.74) is 5.88. The zero-order valence-electron chi connectivity index (χ0n) is 17.8. The molecule has 0 aliphatic carbocycles. The standard InChI is InChI=1S/C22H45NO2.FH/c1-4-7-8-9-10-11-12-13-14-15-16-17-18-19-20-22(21-23,24-5-2)25-6-3;/h13-14H,4-12,15-21,23H2,1-3H3;1H/b14-13-;. The molecule has 0 radical (unpaired) electrons. The van der Waals surface area contributed by atoms with E-state index >= 15 is 0 Å². The fourth-order valence-electron chi connectivity index (χ4n) is 3.22. The van der Waals surface area contributed by atoms with E-state index in [-0.39, 0.29) is 4.70 Å². The lowest BCUT2D eigenvalue weighted by Gasteiger charge is -2.32. The average Bonchev–Trinajstić information content (AvgIpc) is 2.62. The molecule has 0 fully saturated rings. The van der Waals surface area contributed by atoms with Crippen molar-refractivity contribution in [3.63, 3.8) is 0 Å². The molecular weight excluding hydrogens is 329 g/mol. The van der Waals surface area contributed by atoms with E-state index in [1.165, 1.54) is 70.6 Å². The molecule has 0 heterocycles. The maximum atomic E-state index is 5.88. The van der Waals surface area contributed by atoms with E-state index < -0.39 is 5.79 Å². The normalized spacial score (nSPS) is 11.8. The minimum absolute atomic E-state index is 0. The van der Waals surface area contributed by atoms with E-state index in [9.17, 15) is 0 Å². The monoisotopic (exact) mass is 375 g/mol. The molecule has 0 bridgehead atoms. The van der Waals surface area contributed by atoms with Gasteiger partial charge in [0, 0.05) is 26.2 Å². The molecule has 0 aromatic rings. The Balaban J connectivity index is 0. The fourth-order valence-corrected chi connectivity index (χ4v) is 3.22. The number of halogens is 1. The molecule has 0 rings (SSSR count). The van der Waals surface area contributed by atoms with Gasteiger partial charge in [-0.05, 0) is 46.0 Å². The molecule has 26 heavy (non-hydrogen) atoms. The zero-order chi connectivity index (χ0) is 18.6. The van der Waals surface area contributed by atoms with Gasteiger partial charge in [-0.2, -0.15) is 0 Å². The first-order chi connectivity index (χ1) is 12.2. The maximum absolute atomic E-state index is 5.88. The van der Waals surface area contributed by atoms with Crippen LogP contribution in [0.1, 0.15) is 104 Å². The minimum atomic E-state index is -0.555. The fraction of sp³-hybridized carbons (Fsp3) is 0.909. The molecule has 0 aliphatic rings. The van der Waals surface area contributed by atoms with E-state index in [1.54, 1.807) is 0 Å². The van der Waals surface area contributed by atoms with E-state index in [2.05, 4.69) is 19.1 Å². The van der Waals surface area contributed by atoms with Crippen LogP contribution in [-0.4, -0.2) is 25.5 Å². The van der Waals surface area contributed by atoms with Crippen molar-refractivity contribution < 1.29 is 14.2 Å². The minimum Gasteiger partial charge on any atom is -0.349 e. The van der Waals surface area contributed by atoms with E-state index in [4.69, 9.17) is 15.2 Å². The largest absolute Gasteiger partial charge is 0.349 e. The summed E-state index contributed by atoms with van der Waals surface area (Å²) in [5.74, 6) is -0.555. The molecule has 0 aromatic heterocycles. The highest BCUT2D eigenvalue weighted by molar-refractivity contribution is 4.81. The van der Waals surface area contributed by atoms with Crippen molar-refractivity contribution in [3.8, 4) is 0 Å². The van der Waals surface area contributed by atoms with Crippen molar-refractivity contribution in [1.29, 1.82) is 0 Å². The zero-order valence-corrected chi connectivity index (χ0v) is 17.8. The SMILES string of the molecule is CCCCCCCC/C=C\CCCCCCC(CN)(OCC)OCC.F. The summed E-state index contributed by atoms with van der Waals surface area (Å²) in [5, 5.41) is 0. The van der Waals surface area contributed by atoms with Crippen LogP contribution in [0, 0.1) is 0 Å². The molecule has 2 N–H and O–H groups in total. The van der Waals surface area contributed by atoms with Crippen LogP contribution in [0.15, 0.2) is 12.2 Å². The predicted octanol–water partition coefficient (Wildman–Crippen LogP) is 6.51. The first-order valence-electron chi connectivity index (χ1n) is 10.9. The molecule has 0 saturated carbocycles. The topological polar surface area (TPSA) is 44.5 Å². The molecule has 0 aliphatic heterocycles. The first kappa shape index (κ1) is 27.8. The lowest BCUT2D eigenvalue weighted by atomic mass is 10.0. The van der Waals surface area contributed by atoms with Gasteiger partial charge in [-0.1, -0.05) is 64.0 Å². The number of hydrogen-bond donors (Lipinski definition) is 1. The highest BCUT2D eigenvalue weighted by atomic mass is 19.0. The van der Waals surface area contributed by atoms with Crippen molar-refractivity contribution >= 4 is 0 Å².